The summed E-state index contributed by atoms with van der Waals surface area (Å²) in [6.07, 6.45) is 1.72. The highest BCUT2D eigenvalue weighted by Crippen LogP contribution is 2.15. The van der Waals surface area contributed by atoms with E-state index in [4.69, 9.17) is 0 Å². The van der Waals surface area contributed by atoms with Gasteiger partial charge in [-0.2, -0.15) is 0 Å². The summed E-state index contributed by atoms with van der Waals surface area (Å²) in [5.74, 6) is -0.318. The molecule has 0 aliphatic rings. The smallest absolute Gasteiger partial charge is 0.174 e. The van der Waals surface area contributed by atoms with Crippen molar-refractivity contribution < 1.29 is 13.5 Å². The normalized spacial score (nSPS) is 13.8. The van der Waals surface area contributed by atoms with Gasteiger partial charge in [-0.3, -0.25) is 0 Å². The van der Waals surface area contributed by atoms with Gasteiger partial charge in [-0.15, -0.1) is 0 Å². The maximum atomic E-state index is 11.5. The van der Waals surface area contributed by atoms with Gasteiger partial charge in [0.05, 0.1) is 11.9 Å². The third-order valence-corrected chi connectivity index (χ3v) is 3.35. The van der Waals surface area contributed by atoms with Gasteiger partial charge >= 0.3 is 0 Å². The van der Waals surface area contributed by atoms with Gasteiger partial charge in [0.15, 0.2) is 9.84 Å². The highest BCUT2D eigenvalue weighted by atomic mass is 32.2. The predicted molar refractivity (Wildman–Crippen MR) is 64.5 cm³/mol. The van der Waals surface area contributed by atoms with Crippen molar-refractivity contribution in [2.75, 3.05) is 5.75 Å². The molecule has 0 fully saturated rings. The van der Waals surface area contributed by atoms with Crippen molar-refractivity contribution in [2.45, 2.75) is 6.10 Å². The molecule has 0 aliphatic carbocycles. The monoisotopic (exact) mass is 238 g/mol. The highest BCUT2D eigenvalue weighted by molar-refractivity contribution is 7.94. The first-order valence-corrected chi connectivity index (χ1v) is 6.51. The zero-order chi connectivity index (χ0) is 12.0. The van der Waals surface area contributed by atoms with Gasteiger partial charge in [0.2, 0.25) is 0 Å². The molecule has 1 atom stereocenters. The van der Waals surface area contributed by atoms with Crippen molar-refractivity contribution in [3.05, 3.63) is 60.0 Å². The van der Waals surface area contributed by atoms with E-state index in [1.54, 1.807) is 24.3 Å². The molecule has 86 valence electrons. The van der Waals surface area contributed by atoms with Crippen LogP contribution in [0.5, 0.6) is 0 Å². The van der Waals surface area contributed by atoms with Crippen LogP contribution in [0.4, 0.5) is 0 Å². The molecule has 0 aliphatic heterocycles. The first kappa shape index (κ1) is 12.7. The van der Waals surface area contributed by atoms with Gasteiger partial charge in [0, 0.05) is 5.41 Å². The van der Waals surface area contributed by atoms with Crippen molar-refractivity contribution in [1.29, 1.82) is 0 Å². The molecule has 0 bridgehead atoms. The quantitative estimate of drug-likeness (QED) is 0.796. The lowest BCUT2D eigenvalue weighted by Gasteiger charge is -2.09. The Hall–Kier alpha value is -1.39. The van der Waals surface area contributed by atoms with E-state index in [0.717, 1.165) is 5.41 Å². The predicted octanol–water partition coefficient (Wildman–Crippen LogP) is 1.83. The van der Waals surface area contributed by atoms with Crippen molar-refractivity contribution in [1.82, 2.24) is 0 Å². The van der Waals surface area contributed by atoms with Crippen LogP contribution in [-0.2, 0) is 9.84 Å². The molecule has 1 aromatic rings. The molecular formula is C12H14O3S. The lowest BCUT2D eigenvalue weighted by Crippen LogP contribution is -2.11. The number of hydrogen-bond acceptors (Lipinski definition) is 3. The van der Waals surface area contributed by atoms with E-state index < -0.39 is 15.9 Å². The van der Waals surface area contributed by atoms with Crippen molar-refractivity contribution in [3.63, 3.8) is 0 Å². The summed E-state index contributed by atoms with van der Waals surface area (Å²) >= 11 is 0. The standard InChI is InChI=1S/C12H14O3S/c1-2-3-9-16(14,15)10-12(13)11-7-5-4-6-8-11/h2-9,12-13H,1,10H2/b9-3+. The van der Waals surface area contributed by atoms with E-state index in [-0.39, 0.29) is 5.75 Å². The van der Waals surface area contributed by atoms with Crippen LogP contribution in [0, 0.1) is 0 Å². The number of aliphatic hydroxyl groups excluding tert-OH is 1. The summed E-state index contributed by atoms with van der Waals surface area (Å²) in [5, 5.41) is 10.8. The van der Waals surface area contributed by atoms with Crippen LogP contribution < -0.4 is 0 Å². The molecule has 0 saturated heterocycles. The Bertz CT molecular complexity index is 460. The second-order valence-corrected chi connectivity index (χ2v) is 5.25. The van der Waals surface area contributed by atoms with Crippen LogP contribution in [0.2, 0.25) is 0 Å². The minimum atomic E-state index is -3.39. The fourth-order valence-corrected chi connectivity index (χ4v) is 2.32. The molecule has 0 spiro atoms. The summed E-state index contributed by atoms with van der Waals surface area (Å²) in [5.41, 5.74) is 0.595. The van der Waals surface area contributed by atoms with E-state index in [1.807, 2.05) is 6.07 Å². The van der Waals surface area contributed by atoms with Gasteiger partial charge in [-0.1, -0.05) is 49.1 Å². The molecule has 3 nitrogen and oxygen atoms in total. The third kappa shape index (κ3) is 4.00. The Balaban J connectivity index is 2.75. The molecule has 1 aromatic carbocycles. The van der Waals surface area contributed by atoms with Gasteiger partial charge in [0.25, 0.3) is 0 Å². The van der Waals surface area contributed by atoms with Gasteiger partial charge in [-0.05, 0) is 5.56 Å². The van der Waals surface area contributed by atoms with Crippen LogP contribution in [-0.4, -0.2) is 19.3 Å². The zero-order valence-corrected chi connectivity index (χ0v) is 9.60. The first-order valence-electron chi connectivity index (χ1n) is 4.80. The molecule has 0 heterocycles. The second kappa shape index (κ2) is 5.63. The SMILES string of the molecule is C=C/C=C/S(=O)(=O)CC(O)c1ccccc1. The Labute approximate surface area is 95.7 Å². The molecule has 1 rings (SSSR count). The minimum Gasteiger partial charge on any atom is -0.387 e. The summed E-state index contributed by atoms with van der Waals surface area (Å²) in [6.45, 7) is 3.39. The molecule has 0 saturated carbocycles. The maximum Gasteiger partial charge on any atom is 0.174 e. The van der Waals surface area contributed by atoms with Gasteiger partial charge < -0.3 is 5.11 Å². The number of allylic oxidation sites excluding steroid dienone is 2. The number of aliphatic hydroxyl groups is 1. The van der Waals surface area contributed by atoms with Crippen molar-refractivity contribution >= 4 is 9.84 Å². The summed E-state index contributed by atoms with van der Waals surface area (Å²) in [7, 11) is -3.39. The molecule has 0 amide bonds. The van der Waals surface area contributed by atoms with E-state index in [2.05, 4.69) is 6.58 Å². The number of hydrogen-bond donors (Lipinski definition) is 1. The summed E-state index contributed by atoms with van der Waals surface area (Å²) in [6, 6.07) is 8.70. The molecule has 1 N–H and O–H groups in total. The van der Waals surface area contributed by atoms with Crippen LogP contribution >= 0.6 is 0 Å². The highest BCUT2D eigenvalue weighted by Gasteiger charge is 2.15. The molecule has 16 heavy (non-hydrogen) atoms. The van der Waals surface area contributed by atoms with Crippen LogP contribution in [0.15, 0.2) is 54.5 Å². The lowest BCUT2D eigenvalue weighted by molar-refractivity contribution is 0.202. The first-order chi connectivity index (χ1) is 7.55. The average Bonchev–Trinajstić information content (AvgIpc) is 2.27. The lowest BCUT2D eigenvalue weighted by atomic mass is 10.1. The number of sulfone groups is 1. The maximum absolute atomic E-state index is 11.5. The molecule has 0 radical (unpaired) electrons. The minimum absolute atomic E-state index is 0.318. The van der Waals surface area contributed by atoms with E-state index in [0.29, 0.717) is 5.56 Å². The third-order valence-electron chi connectivity index (χ3n) is 2.00. The van der Waals surface area contributed by atoms with Gasteiger partial charge in [0.1, 0.15) is 0 Å². The second-order valence-electron chi connectivity index (χ2n) is 3.32. The van der Waals surface area contributed by atoms with Crippen molar-refractivity contribution in [2.24, 2.45) is 0 Å². The van der Waals surface area contributed by atoms with E-state index in [1.165, 1.54) is 12.2 Å². The van der Waals surface area contributed by atoms with Crippen LogP contribution in [0.25, 0.3) is 0 Å². The van der Waals surface area contributed by atoms with Crippen molar-refractivity contribution in [3.8, 4) is 0 Å². The fraction of sp³-hybridized carbons (Fsp3) is 0.167. The molecule has 0 aromatic heterocycles. The Kier molecular flexibility index (Phi) is 4.46. The van der Waals surface area contributed by atoms with E-state index >= 15 is 0 Å². The Morgan fingerprint density at radius 2 is 1.94 bits per heavy atom. The average molecular weight is 238 g/mol. The Morgan fingerprint density at radius 3 is 2.50 bits per heavy atom. The van der Waals surface area contributed by atoms with Gasteiger partial charge in [-0.25, -0.2) is 8.42 Å². The number of rotatable bonds is 5. The summed E-state index contributed by atoms with van der Waals surface area (Å²) < 4.78 is 23.0. The topological polar surface area (TPSA) is 54.4 Å². The fourth-order valence-electron chi connectivity index (χ4n) is 1.22. The molecule has 4 heteroatoms. The largest absolute Gasteiger partial charge is 0.387 e. The number of benzene rings is 1. The Morgan fingerprint density at radius 1 is 1.31 bits per heavy atom. The zero-order valence-electron chi connectivity index (χ0n) is 8.78. The molecule has 1 unspecified atom stereocenters. The molecular weight excluding hydrogens is 224 g/mol. The van der Waals surface area contributed by atoms with E-state index in [9.17, 15) is 13.5 Å². The summed E-state index contributed by atoms with van der Waals surface area (Å²) in [4.78, 5) is 0. The van der Waals surface area contributed by atoms with Crippen LogP contribution in [0.3, 0.4) is 0 Å². The van der Waals surface area contributed by atoms with Crippen LogP contribution in [0.1, 0.15) is 11.7 Å².